The quantitative estimate of drug-likeness (QED) is 0.150. The second-order valence-corrected chi connectivity index (χ2v) is 22.9. The first-order valence-electron chi connectivity index (χ1n) is 29.2. The van der Waals surface area contributed by atoms with Crippen LogP contribution in [-0.2, 0) is 0 Å². The molecule has 0 amide bonds. The van der Waals surface area contributed by atoms with Gasteiger partial charge in [-0.15, -0.1) is 0 Å². The van der Waals surface area contributed by atoms with Crippen molar-refractivity contribution in [2.24, 2.45) is 11.8 Å². The van der Waals surface area contributed by atoms with Gasteiger partial charge in [-0.1, -0.05) is 183 Å². The third-order valence-corrected chi connectivity index (χ3v) is 18.7. The topological polar surface area (TPSA) is 82.1 Å². The molecular formula is C74H56N6O2. The molecule has 0 N–H and O–H groups in total. The van der Waals surface area contributed by atoms with Crippen molar-refractivity contribution in [2.75, 3.05) is 4.90 Å². The molecule has 4 aliphatic rings. The number of benzene rings is 9. The smallest absolute Gasteiger partial charge is 0.166 e. The van der Waals surface area contributed by atoms with Gasteiger partial charge in [0.15, 0.2) is 17.5 Å². The first kappa shape index (κ1) is 47.2. The fraction of sp³-hybridized carbons (Fsp3) is 0.162. The molecule has 8 nitrogen and oxygen atoms in total. The molecule has 82 heavy (non-hydrogen) atoms. The number of aromatic nitrogens is 5. The van der Waals surface area contributed by atoms with Crippen LogP contribution in [0.5, 0.6) is 5.75 Å². The SMILES string of the molecule is c1ccc(-c2nc(-c3ccccc3)nc(-c3cc(-c4ccc(-c5cccc6c5OC5CCC7C8CCCCC8N(c8ccccc8)C7C65)cc4)cnc3-c3cccc4c3oc3ccc5c6ccccc6n(-c6ccccc6)c5c34)n2)cc1. The van der Waals surface area contributed by atoms with E-state index in [2.05, 4.69) is 173 Å². The number of furan rings is 1. The van der Waals surface area contributed by atoms with Crippen LogP contribution in [0.25, 0.3) is 117 Å². The number of hydrogen-bond acceptors (Lipinski definition) is 7. The molecule has 8 heteroatoms. The number of ether oxygens (including phenoxy) is 1. The molecule has 6 heterocycles. The summed E-state index contributed by atoms with van der Waals surface area (Å²) in [5, 5.41) is 4.40. The predicted octanol–water partition coefficient (Wildman–Crippen LogP) is 18.0. The fourth-order valence-electron chi connectivity index (χ4n) is 15.2. The minimum atomic E-state index is 0.165. The Morgan fingerprint density at radius 3 is 1.87 bits per heavy atom. The molecule has 2 aliphatic heterocycles. The molecule has 3 fully saturated rings. The van der Waals surface area contributed by atoms with Crippen molar-refractivity contribution in [2.45, 2.75) is 62.6 Å². The molecule has 0 spiro atoms. The molecule has 2 saturated carbocycles. The average Bonchev–Trinajstić information content (AvgIpc) is 3.01. The maximum atomic E-state index is 7.21. The van der Waals surface area contributed by atoms with Crippen LogP contribution < -0.4 is 9.64 Å². The zero-order valence-electron chi connectivity index (χ0n) is 45.1. The van der Waals surface area contributed by atoms with Gasteiger partial charge in [0.2, 0.25) is 0 Å². The molecule has 6 atom stereocenters. The van der Waals surface area contributed by atoms with Crippen LogP contribution in [0, 0.1) is 11.8 Å². The second kappa shape index (κ2) is 19.0. The maximum Gasteiger partial charge on any atom is 0.166 e. The number of hydrogen-bond donors (Lipinski definition) is 0. The Balaban J connectivity index is 0.807. The van der Waals surface area contributed by atoms with E-state index < -0.39 is 0 Å². The lowest BCUT2D eigenvalue weighted by molar-refractivity contribution is 0.113. The first-order chi connectivity index (χ1) is 40.7. The van der Waals surface area contributed by atoms with Crippen LogP contribution in [0.15, 0.2) is 235 Å². The first-order valence-corrected chi connectivity index (χ1v) is 29.2. The van der Waals surface area contributed by atoms with Crippen molar-refractivity contribution in [1.82, 2.24) is 24.5 Å². The number of anilines is 1. The molecule has 6 unspecified atom stereocenters. The molecule has 394 valence electrons. The highest BCUT2D eigenvalue weighted by Crippen LogP contribution is 2.59. The van der Waals surface area contributed by atoms with Gasteiger partial charge in [0.1, 0.15) is 23.0 Å². The van der Waals surface area contributed by atoms with Gasteiger partial charge in [0.25, 0.3) is 0 Å². The Morgan fingerprint density at radius 1 is 0.451 bits per heavy atom. The average molecular weight is 1060 g/mol. The Kier molecular flexibility index (Phi) is 10.9. The molecule has 13 aromatic rings. The summed E-state index contributed by atoms with van der Waals surface area (Å²) in [6, 6.07) is 80.6. The number of nitrogens with zero attached hydrogens (tertiary/aromatic N) is 6. The largest absolute Gasteiger partial charge is 0.489 e. The second-order valence-electron chi connectivity index (χ2n) is 22.9. The van der Waals surface area contributed by atoms with E-state index in [0.717, 1.165) is 107 Å². The minimum Gasteiger partial charge on any atom is -0.489 e. The van der Waals surface area contributed by atoms with Crippen LogP contribution in [0.3, 0.4) is 0 Å². The van der Waals surface area contributed by atoms with Crippen LogP contribution in [0.2, 0.25) is 0 Å². The highest BCUT2D eigenvalue weighted by Gasteiger charge is 2.58. The van der Waals surface area contributed by atoms with Gasteiger partial charge in [0.05, 0.1) is 22.1 Å². The summed E-state index contributed by atoms with van der Waals surface area (Å²) in [6.45, 7) is 0. The summed E-state index contributed by atoms with van der Waals surface area (Å²) < 4.78 is 16.7. The van der Waals surface area contributed by atoms with Crippen molar-refractivity contribution in [3.8, 4) is 79.1 Å². The summed E-state index contributed by atoms with van der Waals surface area (Å²) in [5.74, 6) is 4.48. The summed E-state index contributed by atoms with van der Waals surface area (Å²) in [5.41, 5.74) is 16.0. The zero-order chi connectivity index (χ0) is 53.8. The van der Waals surface area contributed by atoms with E-state index in [1.807, 2.05) is 66.9 Å². The van der Waals surface area contributed by atoms with Gasteiger partial charge < -0.3 is 18.6 Å². The normalized spacial score (nSPS) is 20.0. The maximum absolute atomic E-state index is 7.21. The van der Waals surface area contributed by atoms with Gasteiger partial charge >= 0.3 is 0 Å². The van der Waals surface area contributed by atoms with Crippen molar-refractivity contribution >= 4 is 49.4 Å². The lowest BCUT2D eigenvalue weighted by atomic mass is 9.68. The molecule has 4 aromatic heterocycles. The summed E-state index contributed by atoms with van der Waals surface area (Å²) >= 11 is 0. The Morgan fingerprint density at radius 2 is 1.10 bits per heavy atom. The molecule has 17 rings (SSSR count). The zero-order valence-corrected chi connectivity index (χ0v) is 45.1. The van der Waals surface area contributed by atoms with Crippen molar-refractivity contribution < 1.29 is 9.15 Å². The monoisotopic (exact) mass is 1060 g/mol. The summed E-state index contributed by atoms with van der Waals surface area (Å²) in [6.07, 6.45) is 9.78. The summed E-state index contributed by atoms with van der Waals surface area (Å²) in [4.78, 5) is 24.1. The van der Waals surface area contributed by atoms with Gasteiger partial charge in [0, 0.05) is 90.7 Å². The van der Waals surface area contributed by atoms with E-state index in [1.165, 1.54) is 48.7 Å². The Bertz CT molecular complexity index is 4540. The molecular weight excluding hydrogens is 1000 g/mol. The highest BCUT2D eigenvalue weighted by molar-refractivity contribution is 6.25. The van der Waals surface area contributed by atoms with E-state index >= 15 is 0 Å². The van der Waals surface area contributed by atoms with E-state index in [-0.39, 0.29) is 6.10 Å². The summed E-state index contributed by atoms with van der Waals surface area (Å²) in [7, 11) is 0. The number of fused-ring (bicyclic) bond motifs is 14. The van der Waals surface area contributed by atoms with Crippen LogP contribution in [0.1, 0.15) is 50.0 Å². The molecule has 9 aromatic carbocycles. The molecule has 0 radical (unpaired) electrons. The number of para-hydroxylation sites is 5. The Labute approximate surface area is 475 Å². The Hall–Kier alpha value is -9.66. The van der Waals surface area contributed by atoms with E-state index in [9.17, 15) is 0 Å². The van der Waals surface area contributed by atoms with E-state index in [1.54, 1.807) is 0 Å². The van der Waals surface area contributed by atoms with Crippen LogP contribution in [-0.4, -0.2) is 42.7 Å². The number of rotatable bonds is 8. The van der Waals surface area contributed by atoms with E-state index in [0.29, 0.717) is 47.1 Å². The lowest BCUT2D eigenvalue weighted by Crippen LogP contribution is -2.47. The van der Waals surface area contributed by atoms with Gasteiger partial charge in [-0.05, 0) is 103 Å². The van der Waals surface area contributed by atoms with Crippen molar-refractivity contribution in [3.63, 3.8) is 0 Å². The minimum absolute atomic E-state index is 0.165. The van der Waals surface area contributed by atoms with Gasteiger partial charge in [-0.2, -0.15) is 0 Å². The van der Waals surface area contributed by atoms with Gasteiger partial charge in [-0.25, -0.2) is 15.0 Å². The third-order valence-electron chi connectivity index (χ3n) is 18.7. The molecule has 1 saturated heterocycles. The predicted molar refractivity (Wildman–Crippen MR) is 330 cm³/mol. The third kappa shape index (κ3) is 7.43. The van der Waals surface area contributed by atoms with Crippen molar-refractivity contribution in [3.05, 3.63) is 236 Å². The fourth-order valence-corrected chi connectivity index (χ4v) is 15.2. The standard InChI is InChI=1S/C74H56N6O2/c1-5-19-47(20-6-1)72-76-73(48-21-7-2-8-22-48)78-74(77-72)60-43-49(44-75-67(60)59-32-18-31-58-66-64(82-71(58)59)42-40-56-54-28-14-16-34-62(54)80(69(56)66)51-25-11-4-12-26-51)45-35-37-46(38-36-45)52-29-17-30-57-65-63(81-70(52)57)41-39-55-53-27-13-15-33-61(53)79(68(55)65)50-23-9-3-10-24-50/h1-12,14,16-26,28-32,34-38,40,42-44,53,55,61,63,65,68H,13,15,27,33,39,41H2. The number of pyridine rings is 1. The van der Waals surface area contributed by atoms with Crippen LogP contribution in [0.4, 0.5) is 5.69 Å². The van der Waals surface area contributed by atoms with Gasteiger partial charge in [-0.3, -0.25) is 4.98 Å². The highest BCUT2D eigenvalue weighted by atomic mass is 16.5. The molecule has 0 bridgehead atoms. The lowest BCUT2D eigenvalue weighted by Gasteiger charge is -2.41. The van der Waals surface area contributed by atoms with Crippen molar-refractivity contribution in [1.29, 1.82) is 0 Å². The van der Waals surface area contributed by atoms with Crippen LogP contribution >= 0.6 is 0 Å². The molecule has 2 aliphatic carbocycles. The van der Waals surface area contributed by atoms with E-state index in [4.69, 9.17) is 29.1 Å².